The van der Waals surface area contributed by atoms with Crippen LogP contribution in [0, 0.1) is 0 Å². The van der Waals surface area contributed by atoms with Crippen molar-refractivity contribution in [3.63, 3.8) is 0 Å². The van der Waals surface area contributed by atoms with Crippen molar-refractivity contribution in [2.45, 2.75) is 17.1 Å². The normalized spacial score (nSPS) is 11.6. The van der Waals surface area contributed by atoms with Gasteiger partial charge < -0.3 is 26.4 Å². The molecule has 0 bridgehead atoms. The van der Waals surface area contributed by atoms with E-state index in [0.29, 0.717) is 28.3 Å². The summed E-state index contributed by atoms with van der Waals surface area (Å²) in [4.78, 5) is 51.5. The topological polar surface area (TPSA) is 140 Å². The SMILES string of the molecule is COc1ccccc1/C=C(\NC(=O)c1ccccc1)C(=O)Nc1ccc(SC(C)C(=O)Nc2ccccc2C(N)=O)cc1. The number of nitrogens with one attached hydrogen (secondary N) is 3. The van der Waals surface area contributed by atoms with E-state index in [1.54, 1.807) is 110 Å². The first-order valence-corrected chi connectivity index (χ1v) is 14.1. The van der Waals surface area contributed by atoms with E-state index in [1.807, 2.05) is 6.07 Å². The molecule has 0 aliphatic carbocycles. The van der Waals surface area contributed by atoms with Crippen LogP contribution < -0.4 is 26.4 Å². The number of benzene rings is 4. The van der Waals surface area contributed by atoms with Gasteiger partial charge in [0.15, 0.2) is 0 Å². The van der Waals surface area contributed by atoms with Gasteiger partial charge in [-0.15, -0.1) is 11.8 Å². The molecule has 43 heavy (non-hydrogen) atoms. The second-order valence-corrected chi connectivity index (χ2v) is 10.7. The van der Waals surface area contributed by atoms with Crippen molar-refractivity contribution in [3.05, 3.63) is 126 Å². The molecule has 10 heteroatoms. The minimum absolute atomic E-state index is 0.0262. The van der Waals surface area contributed by atoms with Crippen LogP contribution in [0.1, 0.15) is 33.2 Å². The van der Waals surface area contributed by atoms with Crippen LogP contribution in [0.25, 0.3) is 6.08 Å². The summed E-state index contributed by atoms with van der Waals surface area (Å²) >= 11 is 1.31. The van der Waals surface area contributed by atoms with Crippen LogP contribution in [-0.2, 0) is 9.59 Å². The Morgan fingerprint density at radius 1 is 0.814 bits per heavy atom. The summed E-state index contributed by atoms with van der Waals surface area (Å²) in [6.45, 7) is 1.74. The first-order valence-electron chi connectivity index (χ1n) is 13.2. The molecule has 5 N–H and O–H groups in total. The molecule has 0 aliphatic heterocycles. The third kappa shape index (κ3) is 8.34. The van der Waals surface area contributed by atoms with Gasteiger partial charge in [0.05, 0.1) is 23.6 Å². The first-order chi connectivity index (χ1) is 20.7. The molecule has 1 unspecified atom stereocenters. The second-order valence-electron chi connectivity index (χ2n) is 9.26. The molecule has 4 rings (SSSR count). The molecular formula is C33H30N4O5S. The van der Waals surface area contributed by atoms with Crippen molar-refractivity contribution in [2.24, 2.45) is 5.73 Å². The number of carbonyl (C=O) groups excluding carboxylic acids is 4. The zero-order valence-electron chi connectivity index (χ0n) is 23.5. The van der Waals surface area contributed by atoms with E-state index in [4.69, 9.17) is 10.5 Å². The van der Waals surface area contributed by atoms with Gasteiger partial charge in [-0.3, -0.25) is 19.2 Å². The van der Waals surface area contributed by atoms with Gasteiger partial charge >= 0.3 is 0 Å². The number of anilines is 2. The van der Waals surface area contributed by atoms with Gasteiger partial charge in [-0.2, -0.15) is 0 Å². The van der Waals surface area contributed by atoms with E-state index in [1.165, 1.54) is 18.9 Å². The Bertz CT molecular complexity index is 1660. The summed E-state index contributed by atoms with van der Waals surface area (Å²) in [6, 6.07) is 29.2. The molecule has 0 fully saturated rings. The minimum Gasteiger partial charge on any atom is -0.496 e. The Morgan fingerprint density at radius 3 is 2.16 bits per heavy atom. The quantitative estimate of drug-likeness (QED) is 0.137. The van der Waals surface area contributed by atoms with Crippen LogP contribution in [0.2, 0.25) is 0 Å². The average molecular weight is 595 g/mol. The van der Waals surface area contributed by atoms with Crippen LogP contribution in [0.15, 0.2) is 114 Å². The fraction of sp³-hybridized carbons (Fsp3) is 0.0909. The predicted molar refractivity (Wildman–Crippen MR) is 169 cm³/mol. The predicted octanol–water partition coefficient (Wildman–Crippen LogP) is 5.32. The third-order valence-corrected chi connectivity index (χ3v) is 7.32. The van der Waals surface area contributed by atoms with E-state index < -0.39 is 23.0 Å². The molecule has 4 amide bonds. The first kappa shape index (κ1) is 30.6. The van der Waals surface area contributed by atoms with Gasteiger partial charge in [-0.1, -0.05) is 48.5 Å². The van der Waals surface area contributed by atoms with E-state index in [9.17, 15) is 19.2 Å². The van der Waals surface area contributed by atoms with Crippen molar-refractivity contribution in [2.75, 3.05) is 17.7 Å². The number of carbonyl (C=O) groups is 4. The summed E-state index contributed by atoms with van der Waals surface area (Å²) in [5, 5.41) is 7.78. The molecule has 0 spiro atoms. The highest BCUT2D eigenvalue weighted by molar-refractivity contribution is 8.00. The van der Waals surface area contributed by atoms with Gasteiger partial charge in [-0.25, -0.2) is 0 Å². The number of para-hydroxylation sites is 2. The lowest BCUT2D eigenvalue weighted by molar-refractivity contribution is -0.115. The molecule has 0 saturated carbocycles. The Labute approximate surface area is 253 Å². The molecular weight excluding hydrogens is 564 g/mol. The maximum absolute atomic E-state index is 13.4. The third-order valence-electron chi connectivity index (χ3n) is 6.21. The largest absolute Gasteiger partial charge is 0.496 e. The monoisotopic (exact) mass is 594 g/mol. The van der Waals surface area contributed by atoms with Crippen LogP contribution in [0.3, 0.4) is 0 Å². The fourth-order valence-corrected chi connectivity index (χ4v) is 4.87. The Kier molecular flexibility index (Phi) is 10.3. The molecule has 0 heterocycles. The number of amides is 4. The Balaban J connectivity index is 1.46. The molecule has 0 aromatic heterocycles. The molecule has 0 radical (unpaired) electrons. The Hall–Kier alpha value is -5.35. The summed E-state index contributed by atoms with van der Waals surface area (Å²) in [6.07, 6.45) is 1.55. The van der Waals surface area contributed by atoms with Gasteiger partial charge in [-0.05, 0) is 67.6 Å². The maximum atomic E-state index is 13.4. The molecule has 4 aromatic rings. The number of methoxy groups -OCH3 is 1. The van der Waals surface area contributed by atoms with E-state index >= 15 is 0 Å². The average Bonchev–Trinajstić information content (AvgIpc) is 3.02. The number of primary amides is 1. The number of thioether (sulfide) groups is 1. The van der Waals surface area contributed by atoms with E-state index in [2.05, 4.69) is 16.0 Å². The van der Waals surface area contributed by atoms with Crippen molar-refractivity contribution in [1.82, 2.24) is 5.32 Å². The van der Waals surface area contributed by atoms with Crippen molar-refractivity contribution in [3.8, 4) is 5.75 Å². The number of hydrogen-bond acceptors (Lipinski definition) is 6. The van der Waals surface area contributed by atoms with Gasteiger partial charge in [0, 0.05) is 21.7 Å². The van der Waals surface area contributed by atoms with Gasteiger partial charge in [0.1, 0.15) is 11.4 Å². The molecule has 218 valence electrons. The molecule has 9 nitrogen and oxygen atoms in total. The fourth-order valence-electron chi connectivity index (χ4n) is 4.00. The summed E-state index contributed by atoms with van der Waals surface area (Å²) in [5.41, 5.74) is 7.51. The number of rotatable bonds is 11. The van der Waals surface area contributed by atoms with Crippen LogP contribution in [-0.4, -0.2) is 36.0 Å². The molecule has 4 aromatic carbocycles. The number of hydrogen-bond donors (Lipinski definition) is 4. The second kappa shape index (κ2) is 14.5. The molecule has 1 atom stereocenters. The van der Waals surface area contributed by atoms with E-state index in [-0.39, 0.29) is 17.2 Å². The summed E-state index contributed by atoms with van der Waals surface area (Å²) < 4.78 is 5.40. The maximum Gasteiger partial charge on any atom is 0.272 e. The lowest BCUT2D eigenvalue weighted by Gasteiger charge is -2.14. The van der Waals surface area contributed by atoms with Crippen molar-refractivity contribution in [1.29, 1.82) is 0 Å². The Morgan fingerprint density at radius 2 is 1.47 bits per heavy atom. The van der Waals surface area contributed by atoms with Crippen LogP contribution in [0.5, 0.6) is 5.75 Å². The summed E-state index contributed by atoms with van der Waals surface area (Å²) in [7, 11) is 1.53. The van der Waals surface area contributed by atoms with Gasteiger partial charge in [0.25, 0.3) is 17.7 Å². The molecule has 0 saturated heterocycles. The highest BCUT2D eigenvalue weighted by Gasteiger charge is 2.19. The highest BCUT2D eigenvalue weighted by atomic mass is 32.2. The molecule has 0 aliphatic rings. The number of ether oxygens (including phenoxy) is 1. The van der Waals surface area contributed by atoms with Crippen LogP contribution in [0.4, 0.5) is 11.4 Å². The zero-order valence-corrected chi connectivity index (χ0v) is 24.3. The lowest BCUT2D eigenvalue weighted by Crippen LogP contribution is -2.30. The van der Waals surface area contributed by atoms with Gasteiger partial charge in [0.2, 0.25) is 5.91 Å². The summed E-state index contributed by atoms with van der Waals surface area (Å²) in [5.74, 6) is -1.35. The highest BCUT2D eigenvalue weighted by Crippen LogP contribution is 2.27. The smallest absolute Gasteiger partial charge is 0.272 e. The minimum atomic E-state index is -0.630. The zero-order chi connectivity index (χ0) is 30.8. The lowest BCUT2D eigenvalue weighted by atomic mass is 10.1. The van der Waals surface area contributed by atoms with Crippen molar-refractivity contribution >= 4 is 52.8 Å². The van der Waals surface area contributed by atoms with Crippen LogP contribution >= 0.6 is 11.8 Å². The number of nitrogens with two attached hydrogens (primary N) is 1. The van der Waals surface area contributed by atoms with Crippen molar-refractivity contribution < 1.29 is 23.9 Å². The standard InChI is InChI=1S/C33H30N4O5S/c1-21(31(39)36-27-14-8-7-13-26(27)30(34)38)43-25-18-16-24(17-19-25)35-33(41)28(20-23-12-6-9-15-29(23)42-2)37-32(40)22-10-4-3-5-11-22/h3-21H,1-2H3,(H2,34,38)(H,35,41)(H,36,39)(H,37,40)/b28-20-. The van der Waals surface area contributed by atoms with E-state index in [0.717, 1.165) is 4.90 Å².